The lowest BCUT2D eigenvalue weighted by Crippen LogP contribution is -2.51. The Labute approximate surface area is 150 Å². The number of hydrogen-bond acceptors (Lipinski definition) is 6. The van der Waals surface area contributed by atoms with Gasteiger partial charge in [0, 0.05) is 17.9 Å². The third kappa shape index (κ3) is 5.67. The molecule has 1 aromatic carbocycles. The van der Waals surface area contributed by atoms with E-state index in [4.69, 9.17) is 9.47 Å². The van der Waals surface area contributed by atoms with E-state index >= 15 is 0 Å². The highest BCUT2D eigenvalue weighted by Gasteiger charge is 2.34. The highest BCUT2D eigenvalue weighted by molar-refractivity contribution is 8.00. The van der Waals surface area contributed by atoms with Crippen molar-refractivity contribution < 1.29 is 23.9 Å². The summed E-state index contributed by atoms with van der Waals surface area (Å²) in [5.74, 6) is 0.0990. The van der Waals surface area contributed by atoms with Gasteiger partial charge in [0.25, 0.3) is 0 Å². The Morgan fingerprint density at radius 1 is 1.24 bits per heavy atom. The SMILES string of the molecule is CCOC(=O)[C@H]1CSC(CC(=O)Nc2ccc(OCC)cc2)C(=O)N1. The molecule has 2 N–H and O–H groups in total. The number of amides is 2. The van der Waals surface area contributed by atoms with Crippen LogP contribution < -0.4 is 15.4 Å². The number of benzene rings is 1. The predicted octanol–water partition coefficient (Wildman–Crippen LogP) is 1.58. The summed E-state index contributed by atoms with van der Waals surface area (Å²) in [5.41, 5.74) is 0.638. The maximum atomic E-state index is 12.1. The minimum atomic E-state index is -0.650. The predicted molar refractivity (Wildman–Crippen MR) is 95.7 cm³/mol. The maximum Gasteiger partial charge on any atom is 0.329 e. The fraction of sp³-hybridized carbons (Fsp3) is 0.471. The van der Waals surface area contributed by atoms with Crippen LogP contribution in [0.5, 0.6) is 5.75 Å². The third-order valence-electron chi connectivity index (χ3n) is 3.46. The Kier molecular flexibility index (Phi) is 7.12. The van der Waals surface area contributed by atoms with Crippen molar-refractivity contribution in [1.82, 2.24) is 5.32 Å². The number of anilines is 1. The highest BCUT2D eigenvalue weighted by Crippen LogP contribution is 2.22. The van der Waals surface area contributed by atoms with Gasteiger partial charge in [-0.25, -0.2) is 4.79 Å². The van der Waals surface area contributed by atoms with Gasteiger partial charge < -0.3 is 20.1 Å². The van der Waals surface area contributed by atoms with Crippen molar-refractivity contribution in [2.24, 2.45) is 0 Å². The van der Waals surface area contributed by atoms with Crippen molar-refractivity contribution in [3.63, 3.8) is 0 Å². The molecule has 1 aliphatic heterocycles. The van der Waals surface area contributed by atoms with Crippen molar-refractivity contribution in [2.75, 3.05) is 24.3 Å². The van der Waals surface area contributed by atoms with E-state index in [1.54, 1.807) is 31.2 Å². The summed E-state index contributed by atoms with van der Waals surface area (Å²) in [4.78, 5) is 35.9. The molecule has 7 nitrogen and oxygen atoms in total. The normalized spacial score (nSPS) is 19.7. The molecular weight excluding hydrogens is 344 g/mol. The lowest BCUT2D eigenvalue weighted by molar-refractivity contribution is -0.146. The van der Waals surface area contributed by atoms with E-state index in [0.717, 1.165) is 5.75 Å². The number of hydrogen-bond donors (Lipinski definition) is 2. The van der Waals surface area contributed by atoms with Crippen LogP contribution in [0.15, 0.2) is 24.3 Å². The van der Waals surface area contributed by atoms with Gasteiger partial charge in [-0.3, -0.25) is 9.59 Å². The number of esters is 1. The quantitative estimate of drug-likeness (QED) is 0.712. The molecule has 1 saturated heterocycles. The monoisotopic (exact) mass is 366 g/mol. The van der Waals surface area contributed by atoms with Gasteiger partial charge in [-0.05, 0) is 38.1 Å². The lowest BCUT2D eigenvalue weighted by atomic mass is 10.2. The Hall–Kier alpha value is -2.22. The molecule has 0 saturated carbocycles. The number of ether oxygens (including phenoxy) is 2. The van der Waals surface area contributed by atoms with Crippen LogP contribution in [-0.4, -0.2) is 48.0 Å². The topological polar surface area (TPSA) is 93.7 Å². The highest BCUT2D eigenvalue weighted by atomic mass is 32.2. The maximum absolute atomic E-state index is 12.1. The minimum absolute atomic E-state index is 0.0409. The molecule has 25 heavy (non-hydrogen) atoms. The summed E-state index contributed by atoms with van der Waals surface area (Å²) >= 11 is 1.29. The van der Waals surface area contributed by atoms with Crippen molar-refractivity contribution >= 4 is 35.2 Å². The van der Waals surface area contributed by atoms with E-state index in [-0.39, 0.29) is 24.8 Å². The number of carbonyl (C=O) groups excluding carboxylic acids is 3. The second kappa shape index (κ2) is 9.31. The first-order valence-electron chi connectivity index (χ1n) is 8.14. The van der Waals surface area contributed by atoms with Crippen LogP contribution in [0.2, 0.25) is 0 Å². The molecule has 1 aromatic rings. The van der Waals surface area contributed by atoms with Gasteiger partial charge in [-0.15, -0.1) is 11.8 Å². The lowest BCUT2D eigenvalue weighted by Gasteiger charge is -2.27. The average Bonchev–Trinajstić information content (AvgIpc) is 2.59. The van der Waals surface area contributed by atoms with Crippen molar-refractivity contribution in [2.45, 2.75) is 31.6 Å². The number of carbonyl (C=O) groups is 3. The summed E-state index contributed by atoms with van der Waals surface area (Å²) in [6.07, 6.45) is 0.0409. The summed E-state index contributed by atoms with van der Waals surface area (Å²) in [5, 5.41) is 4.84. The molecule has 136 valence electrons. The largest absolute Gasteiger partial charge is 0.494 e. The molecule has 1 unspecified atom stereocenters. The molecule has 2 amide bonds. The van der Waals surface area contributed by atoms with Gasteiger partial charge in [-0.2, -0.15) is 0 Å². The number of rotatable bonds is 7. The van der Waals surface area contributed by atoms with Gasteiger partial charge >= 0.3 is 5.97 Å². The fourth-order valence-electron chi connectivity index (χ4n) is 2.30. The van der Waals surface area contributed by atoms with E-state index in [2.05, 4.69) is 10.6 Å². The molecule has 2 atom stereocenters. The zero-order valence-corrected chi connectivity index (χ0v) is 15.1. The second-order valence-corrected chi connectivity index (χ2v) is 6.58. The van der Waals surface area contributed by atoms with E-state index in [1.165, 1.54) is 11.8 Å². The zero-order chi connectivity index (χ0) is 18.2. The Morgan fingerprint density at radius 2 is 1.96 bits per heavy atom. The van der Waals surface area contributed by atoms with Crippen LogP contribution in [0.25, 0.3) is 0 Å². The smallest absolute Gasteiger partial charge is 0.329 e. The van der Waals surface area contributed by atoms with E-state index in [0.29, 0.717) is 18.0 Å². The molecule has 8 heteroatoms. The molecule has 1 aliphatic rings. The molecule has 1 heterocycles. The van der Waals surface area contributed by atoms with Crippen LogP contribution in [-0.2, 0) is 19.1 Å². The van der Waals surface area contributed by atoms with Crippen molar-refractivity contribution in [3.05, 3.63) is 24.3 Å². The van der Waals surface area contributed by atoms with Gasteiger partial charge in [0.05, 0.1) is 18.5 Å². The minimum Gasteiger partial charge on any atom is -0.494 e. The summed E-state index contributed by atoms with van der Waals surface area (Å²) in [6, 6.07) is 6.38. The first-order chi connectivity index (χ1) is 12.0. The second-order valence-electron chi connectivity index (χ2n) is 5.34. The van der Waals surface area contributed by atoms with Crippen molar-refractivity contribution in [3.8, 4) is 5.75 Å². The molecule has 0 aromatic heterocycles. The van der Waals surface area contributed by atoms with Gasteiger partial charge in [0.1, 0.15) is 11.8 Å². The summed E-state index contributed by atoms with van der Waals surface area (Å²) in [7, 11) is 0. The fourth-order valence-corrected chi connectivity index (χ4v) is 3.43. The van der Waals surface area contributed by atoms with Crippen LogP contribution in [0.1, 0.15) is 20.3 Å². The Balaban J connectivity index is 1.82. The van der Waals surface area contributed by atoms with Crippen molar-refractivity contribution in [1.29, 1.82) is 0 Å². The van der Waals surface area contributed by atoms with E-state index in [9.17, 15) is 14.4 Å². The van der Waals surface area contributed by atoms with E-state index in [1.807, 2.05) is 6.92 Å². The molecular formula is C17H22N2O5S. The van der Waals surface area contributed by atoms with Crippen LogP contribution in [0.4, 0.5) is 5.69 Å². The molecule has 0 aliphatic carbocycles. The van der Waals surface area contributed by atoms with Crippen LogP contribution in [0.3, 0.4) is 0 Å². The molecule has 1 fully saturated rings. The first kappa shape index (κ1) is 19.1. The van der Waals surface area contributed by atoms with Crippen LogP contribution in [0, 0.1) is 0 Å². The Bertz CT molecular complexity index is 620. The Morgan fingerprint density at radius 3 is 2.56 bits per heavy atom. The third-order valence-corrected chi connectivity index (χ3v) is 4.77. The zero-order valence-electron chi connectivity index (χ0n) is 14.2. The standard InChI is InChI=1S/C17H22N2O5S/c1-3-23-12-7-5-11(6-8-12)18-15(20)9-14-16(21)19-13(10-25-14)17(22)24-4-2/h5-8,13-14H,3-4,9-10H2,1-2H3,(H,18,20)(H,19,21)/t13-,14?/m1/s1. The number of nitrogens with one attached hydrogen (secondary N) is 2. The van der Waals surface area contributed by atoms with Gasteiger partial charge in [0.15, 0.2) is 0 Å². The average molecular weight is 366 g/mol. The molecule has 2 rings (SSSR count). The first-order valence-corrected chi connectivity index (χ1v) is 9.19. The van der Waals surface area contributed by atoms with E-state index < -0.39 is 17.3 Å². The summed E-state index contributed by atoms with van der Waals surface area (Å²) < 4.78 is 10.2. The molecule has 0 radical (unpaired) electrons. The number of thioether (sulfide) groups is 1. The van der Waals surface area contributed by atoms with Gasteiger partial charge in [-0.1, -0.05) is 0 Å². The van der Waals surface area contributed by atoms with Crippen LogP contribution >= 0.6 is 11.8 Å². The van der Waals surface area contributed by atoms with Gasteiger partial charge in [0.2, 0.25) is 11.8 Å². The summed E-state index contributed by atoms with van der Waals surface area (Å²) in [6.45, 7) is 4.45. The molecule has 0 bridgehead atoms. The molecule has 0 spiro atoms.